The number of sulfonamides is 1. The fraction of sp³-hybridized carbons (Fsp3) is 0.130. The van der Waals surface area contributed by atoms with E-state index in [4.69, 9.17) is 16.3 Å². The van der Waals surface area contributed by atoms with E-state index in [-0.39, 0.29) is 10.8 Å². The number of hydrogen-bond acceptors (Lipinski definition) is 5. The van der Waals surface area contributed by atoms with Crippen molar-refractivity contribution in [1.29, 1.82) is 0 Å². The summed E-state index contributed by atoms with van der Waals surface area (Å²) in [5.74, 6) is 0.229. The van der Waals surface area contributed by atoms with Crippen molar-refractivity contribution in [3.8, 4) is 11.5 Å². The number of nitrogens with one attached hydrogen (secondary N) is 3. The lowest BCUT2D eigenvalue weighted by atomic mass is 10.2. The van der Waals surface area contributed by atoms with Crippen LogP contribution in [0.1, 0.15) is 13.8 Å². The molecule has 0 bridgehead atoms. The fourth-order valence-corrected chi connectivity index (χ4v) is 4.16. The van der Waals surface area contributed by atoms with Gasteiger partial charge >= 0.3 is 0 Å². The first kappa shape index (κ1) is 24.2. The maximum atomic E-state index is 12.6. The Morgan fingerprint density at radius 1 is 0.879 bits per heavy atom. The van der Waals surface area contributed by atoms with Gasteiger partial charge in [0, 0.05) is 18.3 Å². The number of hydrogen-bond donors (Lipinski definition) is 3. The second-order valence-corrected chi connectivity index (χ2v) is 9.22. The Morgan fingerprint density at radius 2 is 1.45 bits per heavy atom. The zero-order valence-corrected chi connectivity index (χ0v) is 19.4. The number of para-hydroxylation sites is 1. The Kier molecular flexibility index (Phi) is 7.70. The van der Waals surface area contributed by atoms with Crippen LogP contribution in [-0.4, -0.2) is 26.3 Å². The molecule has 0 radical (unpaired) electrons. The van der Waals surface area contributed by atoms with Gasteiger partial charge in [-0.05, 0) is 67.6 Å². The third kappa shape index (κ3) is 6.79. The predicted molar refractivity (Wildman–Crippen MR) is 127 cm³/mol. The summed E-state index contributed by atoms with van der Waals surface area (Å²) in [5, 5.41) is 5.68. The summed E-state index contributed by atoms with van der Waals surface area (Å²) in [4.78, 5) is 23.5. The van der Waals surface area contributed by atoms with Crippen molar-refractivity contribution in [1.82, 2.24) is 4.72 Å². The molecule has 0 aliphatic carbocycles. The van der Waals surface area contributed by atoms with Crippen LogP contribution in [-0.2, 0) is 19.6 Å². The van der Waals surface area contributed by atoms with Gasteiger partial charge in [-0.3, -0.25) is 9.59 Å². The van der Waals surface area contributed by atoms with Crippen molar-refractivity contribution in [2.24, 2.45) is 0 Å². The summed E-state index contributed by atoms with van der Waals surface area (Å²) in [5.41, 5.74) is 0.937. The molecule has 0 aromatic heterocycles. The zero-order chi connectivity index (χ0) is 24.0. The van der Waals surface area contributed by atoms with E-state index in [0.717, 1.165) is 0 Å². The number of carbonyl (C=O) groups is 2. The summed E-state index contributed by atoms with van der Waals surface area (Å²) in [7, 11) is -3.94. The molecule has 3 N–H and O–H groups in total. The van der Waals surface area contributed by atoms with Crippen molar-refractivity contribution >= 4 is 44.8 Å². The summed E-state index contributed by atoms with van der Waals surface area (Å²) < 4.78 is 33.2. The fourth-order valence-electron chi connectivity index (χ4n) is 2.79. The minimum atomic E-state index is -3.94. The van der Waals surface area contributed by atoms with Crippen LogP contribution in [0.15, 0.2) is 77.7 Å². The second kappa shape index (κ2) is 10.5. The number of anilines is 2. The average Bonchev–Trinajstić information content (AvgIpc) is 2.76. The molecule has 10 heteroatoms. The van der Waals surface area contributed by atoms with E-state index >= 15 is 0 Å². The van der Waals surface area contributed by atoms with Gasteiger partial charge in [-0.15, -0.1) is 0 Å². The Balaban J connectivity index is 1.59. The van der Waals surface area contributed by atoms with E-state index in [1.165, 1.54) is 38.1 Å². The molecule has 0 unspecified atom stereocenters. The number of ether oxygens (including phenoxy) is 1. The molecule has 172 valence electrons. The van der Waals surface area contributed by atoms with Crippen LogP contribution in [0.5, 0.6) is 11.5 Å². The lowest BCUT2D eigenvalue weighted by Gasteiger charge is -2.15. The second-order valence-electron chi connectivity index (χ2n) is 7.09. The Bertz CT molecular complexity index is 1250. The molecule has 0 spiro atoms. The van der Waals surface area contributed by atoms with Crippen LogP contribution in [0.25, 0.3) is 0 Å². The Morgan fingerprint density at radius 3 is 2.06 bits per heavy atom. The first-order valence-electron chi connectivity index (χ1n) is 9.87. The average molecular weight is 488 g/mol. The molecule has 8 nitrogen and oxygen atoms in total. The SMILES string of the molecule is CC(=O)Nc1ccc(S(=O)(=O)N[C@@H](C)C(=O)Nc2ccc(Oc3ccccc3Cl)cc2)cc1. The van der Waals surface area contributed by atoms with Crippen LogP contribution in [0.4, 0.5) is 11.4 Å². The standard InChI is InChI=1S/C23H22ClN3O5S/c1-15(27-33(30,31)20-13-9-17(10-14-20)25-16(2)28)23(29)26-18-7-11-19(12-8-18)32-22-6-4-3-5-21(22)24/h3-15,27H,1-2H3,(H,25,28)(H,26,29)/t15-/m0/s1. The molecule has 0 saturated carbocycles. The maximum Gasteiger partial charge on any atom is 0.242 e. The molecule has 3 aromatic carbocycles. The third-order valence-corrected chi connectivity index (χ3v) is 6.27. The molecule has 3 aromatic rings. The van der Waals surface area contributed by atoms with E-state index < -0.39 is 22.0 Å². The predicted octanol–water partition coefficient (Wildman–Crippen LogP) is 4.40. The minimum Gasteiger partial charge on any atom is -0.456 e. The van der Waals surface area contributed by atoms with Gasteiger partial charge in [-0.2, -0.15) is 4.72 Å². The van der Waals surface area contributed by atoms with E-state index in [1.54, 1.807) is 48.5 Å². The highest BCUT2D eigenvalue weighted by Crippen LogP contribution is 2.29. The van der Waals surface area contributed by atoms with Crippen LogP contribution in [0.2, 0.25) is 5.02 Å². The first-order chi connectivity index (χ1) is 15.6. The molecule has 0 heterocycles. The van der Waals surface area contributed by atoms with Gasteiger partial charge in [0.2, 0.25) is 21.8 Å². The van der Waals surface area contributed by atoms with Gasteiger partial charge < -0.3 is 15.4 Å². The highest BCUT2D eigenvalue weighted by atomic mass is 35.5. The number of benzene rings is 3. The normalized spacial score (nSPS) is 12.0. The van der Waals surface area contributed by atoms with E-state index in [9.17, 15) is 18.0 Å². The van der Waals surface area contributed by atoms with Crippen molar-refractivity contribution in [3.63, 3.8) is 0 Å². The summed E-state index contributed by atoms with van der Waals surface area (Å²) in [6, 6.07) is 18.2. The van der Waals surface area contributed by atoms with Gasteiger partial charge in [-0.25, -0.2) is 8.42 Å². The van der Waals surface area contributed by atoms with Gasteiger partial charge in [0.25, 0.3) is 0 Å². The molecule has 1 atom stereocenters. The molecule has 0 fully saturated rings. The number of amides is 2. The lowest BCUT2D eigenvalue weighted by molar-refractivity contribution is -0.117. The molecular formula is C23H22ClN3O5S. The Hall–Kier alpha value is -3.40. The van der Waals surface area contributed by atoms with E-state index in [2.05, 4.69) is 15.4 Å². The number of carbonyl (C=O) groups excluding carboxylic acids is 2. The summed E-state index contributed by atoms with van der Waals surface area (Å²) in [6.45, 7) is 2.79. The highest BCUT2D eigenvalue weighted by Gasteiger charge is 2.22. The lowest BCUT2D eigenvalue weighted by Crippen LogP contribution is -2.41. The quantitative estimate of drug-likeness (QED) is 0.436. The number of rotatable bonds is 8. The van der Waals surface area contributed by atoms with E-state index in [1.807, 2.05) is 0 Å². The number of halogens is 1. The van der Waals surface area contributed by atoms with Gasteiger partial charge in [0.15, 0.2) is 0 Å². The summed E-state index contributed by atoms with van der Waals surface area (Å²) in [6.07, 6.45) is 0. The molecule has 3 rings (SSSR count). The van der Waals surface area contributed by atoms with Crippen molar-refractivity contribution in [2.45, 2.75) is 24.8 Å². The van der Waals surface area contributed by atoms with Gasteiger partial charge in [0.1, 0.15) is 11.5 Å². The van der Waals surface area contributed by atoms with Crippen LogP contribution >= 0.6 is 11.6 Å². The van der Waals surface area contributed by atoms with Gasteiger partial charge in [-0.1, -0.05) is 23.7 Å². The Labute approximate surface area is 197 Å². The molecular weight excluding hydrogens is 466 g/mol. The van der Waals surface area contributed by atoms with Crippen LogP contribution < -0.4 is 20.1 Å². The molecule has 0 aliphatic heterocycles. The van der Waals surface area contributed by atoms with Crippen molar-refractivity contribution < 1.29 is 22.7 Å². The van der Waals surface area contributed by atoms with Gasteiger partial charge in [0.05, 0.1) is 16.0 Å². The smallest absolute Gasteiger partial charge is 0.242 e. The monoisotopic (exact) mass is 487 g/mol. The van der Waals surface area contributed by atoms with Crippen molar-refractivity contribution in [3.05, 3.63) is 77.8 Å². The van der Waals surface area contributed by atoms with Crippen molar-refractivity contribution in [2.75, 3.05) is 10.6 Å². The highest BCUT2D eigenvalue weighted by molar-refractivity contribution is 7.89. The summed E-state index contributed by atoms with van der Waals surface area (Å²) >= 11 is 6.08. The van der Waals surface area contributed by atoms with E-state index in [0.29, 0.717) is 27.9 Å². The topological polar surface area (TPSA) is 114 Å². The maximum absolute atomic E-state index is 12.6. The zero-order valence-electron chi connectivity index (χ0n) is 17.8. The molecule has 2 amide bonds. The molecule has 0 aliphatic rings. The minimum absolute atomic E-state index is 0.0303. The largest absolute Gasteiger partial charge is 0.456 e. The third-order valence-electron chi connectivity index (χ3n) is 4.40. The first-order valence-corrected chi connectivity index (χ1v) is 11.7. The van der Waals surface area contributed by atoms with Crippen LogP contribution in [0.3, 0.4) is 0 Å². The van der Waals surface area contributed by atoms with Crippen LogP contribution in [0, 0.1) is 0 Å². The molecule has 0 saturated heterocycles. The molecule has 33 heavy (non-hydrogen) atoms.